The number of sulfonamides is 1. The summed E-state index contributed by atoms with van der Waals surface area (Å²) in [6, 6.07) is 10.9. The molecule has 0 aliphatic carbocycles. The third-order valence-electron chi connectivity index (χ3n) is 2.03. The third kappa shape index (κ3) is 4.43. The van der Waals surface area contributed by atoms with Gasteiger partial charge < -0.3 is 0 Å². The zero-order valence-corrected chi connectivity index (χ0v) is 9.87. The molecule has 1 unspecified atom stereocenters. The van der Waals surface area contributed by atoms with E-state index >= 15 is 0 Å². The summed E-state index contributed by atoms with van der Waals surface area (Å²) in [5.41, 5.74) is 0.736. The van der Waals surface area contributed by atoms with E-state index in [4.69, 9.17) is 5.26 Å². The molecular weight excluding hydrogens is 224 g/mol. The van der Waals surface area contributed by atoms with Gasteiger partial charge in [-0.3, -0.25) is 0 Å². The van der Waals surface area contributed by atoms with Crippen molar-refractivity contribution in [2.45, 2.75) is 12.7 Å². The summed E-state index contributed by atoms with van der Waals surface area (Å²) < 4.78 is 25.6. The van der Waals surface area contributed by atoms with Crippen molar-refractivity contribution in [1.82, 2.24) is 4.72 Å². The zero-order valence-electron chi connectivity index (χ0n) is 9.05. The second kappa shape index (κ2) is 5.64. The van der Waals surface area contributed by atoms with Crippen molar-refractivity contribution in [2.75, 3.05) is 6.54 Å². The summed E-state index contributed by atoms with van der Waals surface area (Å²) >= 11 is 0. The largest absolute Gasteiger partial charge is 0.215 e. The number of rotatable bonds is 5. The summed E-state index contributed by atoms with van der Waals surface area (Å²) in [5.74, 6) is -0.364. The highest BCUT2D eigenvalue weighted by atomic mass is 32.2. The molecule has 5 heteroatoms. The minimum atomic E-state index is -3.34. The zero-order chi connectivity index (χ0) is 12.0. The van der Waals surface area contributed by atoms with Crippen LogP contribution >= 0.6 is 0 Å². The molecule has 4 nitrogen and oxygen atoms in total. The smallest absolute Gasteiger partial charge is 0.214 e. The summed E-state index contributed by atoms with van der Waals surface area (Å²) in [6.07, 6.45) is 0. The quantitative estimate of drug-likeness (QED) is 0.839. The van der Waals surface area contributed by atoms with Crippen LogP contribution in [-0.2, 0) is 15.8 Å². The Balaban J connectivity index is 2.57. The van der Waals surface area contributed by atoms with Crippen LogP contribution in [0.4, 0.5) is 0 Å². The Morgan fingerprint density at radius 2 is 2.00 bits per heavy atom. The fourth-order valence-corrected chi connectivity index (χ4v) is 2.38. The summed E-state index contributed by atoms with van der Waals surface area (Å²) in [7, 11) is -3.34. The first-order chi connectivity index (χ1) is 7.53. The third-order valence-corrected chi connectivity index (χ3v) is 3.35. The summed E-state index contributed by atoms with van der Waals surface area (Å²) in [5, 5.41) is 8.54. The molecule has 0 radical (unpaired) electrons. The molecule has 0 amide bonds. The Labute approximate surface area is 96.0 Å². The standard InChI is InChI=1S/C11H14N2O2S/c1-10(7-12)8-13-16(14,15)9-11-5-3-2-4-6-11/h2-6,10,13H,8-9H2,1H3. The molecule has 1 aromatic rings. The van der Waals surface area contributed by atoms with Gasteiger partial charge in [-0.25, -0.2) is 13.1 Å². The molecule has 0 fully saturated rings. The lowest BCUT2D eigenvalue weighted by Crippen LogP contribution is -2.29. The normalized spacial score (nSPS) is 13.0. The predicted molar refractivity (Wildman–Crippen MR) is 61.8 cm³/mol. The number of nitrogens with one attached hydrogen (secondary N) is 1. The molecule has 0 spiro atoms. The molecule has 0 bridgehead atoms. The van der Waals surface area contributed by atoms with Crippen LogP contribution in [0, 0.1) is 17.2 Å². The van der Waals surface area contributed by atoms with E-state index in [9.17, 15) is 8.42 Å². The van der Waals surface area contributed by atoms with E-state index in [1.54, 1.807) is 31.2 Å². The molecule has 1 aromatic carbocycles. The topological polar surface area (TPSA) is 70.0 Å². The van der Waals surface area contributed by atoms with Crippen molar-refractivity contribution in [3.63, 3.8) is 0 Å². The molecule has 0 aliphatic rings. The number of nitrogens with zero attached hydrogens (tertiary/aromatic N) is 1. The van der Waals surface area contributed by atoms with Gasteiger partial charge in [0.15, 0.2) is 0 Å². The van der Waals surface area contributed by atoms with E-state index < -0.39 is 10.0 Å². The van der Waals surface area contributed by atoms with Gasteiger partial charge in [0.05, 0.1) is 17.7 Å². The molecule has 0 saturated carbocycles. The first-order valence-electron chi connectivity index (χ1n) is 4.94. The van der Waals surface area contributed by atoms with Gasteiger partial charge in [0.2, 0.25) is 10.0 Å². The highest BCUT2D eigenvalue weighted by molar-refractivity contribution is 7.88. The van der Waals surface area contributed by atoms with E-state index in [1.807, 2.05) is 12.1 Å². The van der Waals surface area contributed by atoms with Crippen LogP contribution in [0.1, 0.15) is 12.5 Å². The van der Waals surface area contributed by atoms with Crippen LogP contribution in [0.15, 0.2) is 30.3 Å². The Hall–Kier alpha value is -1.38. The lowest BCUT2D eigenvalue weighted by molar-refractivity contribution is 0.572. The van der Waals surface area contributed by atoms with E-state index in [0.717, 1.165) is 5.56 Å². The molecule has 86 valence electrons. The second-order valence-corrected chi connectivity index (χ2v) is 5.43. The summed E-state index contributed by atoms with van der Waals surface area (Å²) in [6.45, 7) is 1.83. The molecular formula is C11H14N2O2S. The lowest BCUT2D eigenvalue weighted by Gasteiger charge is -2.07. The first-order valence-corrected chi connectivity index (χ1v) is 6.59. The van der Waals surface area contributed by atoms with E-state index in [1.165, 1.54) is 0 Å². The molecule has 1 atom stereocenters. The van der Waals surface area contributed by atoms with Gasteiger partial charge in [-0.1, -0.05) is 30.3 Å². The first kappa shape index (κ1) is 12.7. The number of benzene rings is 1. The Morgan fingerprint density at radius 3 is 2.56 bits per heavy atom. The molecule has 16 heavy (non-hydrogen) atoms. The second-order valence-electron chi connectivity index (χ2n) is 3.62. The minimum absolute atomic E-state index is 0.0496. The van der Waals surface area contributed by atoms with Gasteiger partial charge in [0, 0.05) is 6.54 Å². The van der Waals surface area contributed by atoms with E-state index in [2.05, 4.69) is 4.72 Å². The van der Waals surface area contributed by atoms with Crippen molar-refractivity contribution in [3.05, 3.63) is 35.9 Å². The van der Waals surface area contributed by atoms with Gasteiger partial charge in [-0.15, -0.1) is 0 Å². The van der Waals surface area contributed by atoms with E-state index in [0.29, 0.717) is 0 Å². The van der Waals surface area contributed by atoms with Gasteiger partial charge in [0.25, 0.3) is 0 Å². The van der Waals surface area contributed by atoms with Crippen LogP contribution in [-0.4, -0.2) is 15.0 Å². The van der Waals surface area contributed by atoms with Crippen molar-refractivity contribution in [2.24, 2.45) is 5.92 Å². The number of hydrogen-bond donors (Lipinski definition) is 1. The Bertz CT molecular complexity index is 463. The Kier molecular flexibility index (Phi) is 4.47. The molecule has 0 saturated heterocycles. The van der Waals surface area contributed by atoms with Crippen molar-refractivity contribution < 1.29 is 8.42 Å². The highest BCUT2D eigenvalue weighted by Gasteiger charge is 2.12. The highest BCUT2D eigenvalue weighted by Crippen LogP contribution is 2.04. The van der Waals surface area contributed by atoms with Crippen LogP contribution in [0.3, 0.4) is 0 Å². The summed E-state index contributed by atoms with van der Waals surface area (Å²) in [4.78, 5) is 0. The SMILES string of the molecule is CC(C#N)CNS(=O)(=O)Cc1ccccc1. The average molecular weight is 238 g/mol. The maximum Gasteiger partial charge on any atom is 0.215 e. The van der Waals surface area contributed by atoms with Crippen LogP contribution in [0.25, 0.3) is 0 Å². The molecule has 1 rings (SSSR count). The fraction of sp³-hybridized carbons (Fsp3) is 0.364. The van der Waals surface area contributed by atoms with E-state index in [-0.39, 0.29) is 18.2 Å². The predicted octanol–water partition coefficient (Wildman–Crippen LogP) is 1.27. The van der Waals surface area contributed by atoms with Gasteiger partial charge in [0.1, 0.15) is 0 Å². The van der Waals surface area contributed by atoms with Crippen molar-refractivity contribution in [3.8, 4) is 6.07 Å². The molecule has 0 aliphatic heterocycles. The fourth-order valence-electron chi connectivity index (χ4n) is 1.14. The molecule has 1 N–H and O–H groups in total. The molecule has 0 heterocycles. The van der Waals surface area contributed by atoms with Crippen LogP contribution < -0.4 is 4.72 Å². The van der Waals surface area contributed by atoms with Gasteiger partial charge in [-0.2, -0.15) is 5.26 Å². The van der Waals surface area contributed by atoms with Crippen LogP contribution in [0.5, 0.6) is 0 Å². The lowest BCUT2D eigenvalue weighted by atomic mass is 10.2. The Morgan fingerprint density at radius 1 is 1.38 bits per heavy atom. The van der Waals surface area contributed by atoms with Gasteiger partial charge in [-0.05, 0) is 12.5 Å². The van der Waals surface area contributed by atoms with Crippen LogP contribution in [0.2, 0.25) is 0 Å². The molecule has 0 aromatic heterocycles. The van der Waals surface area contributed by atoms with Gasteiger partial charge >= 0.3 is 0 Å². The minimum Gasteiger partial charge on any atom is -0.214 e. The number of hydrogen-bond acceptors (Lipinski definition) is 3. The van der Waals surface area contributed by atoms with Crippen molar-refractivity contribution >= 4 is 10.0 Å². The average Bonchev–Trinajstić information content (AvgIpc) is 2.27. The maximum absolute atomic E-state index is 11.6. The van der Waals surface area contributed by atoms with Crippen molar-refractivity contribution in [1.29, 1.82) is 5.26 Å². The maximum atomic E-state index is 11.6. The monoisotopic (exact) mass is 238 g/mol. The number of nitriles is 1.